The molecule has 28 heavy (non-hydrogen) atoms. The molecule has 154 valence electrons. The zero-order valence-corrected chi connectivity index (χ0v) is 19.3. The quantitative estimate of drug-likeness (QED) is 0.132. The summed E-state index contributed by atoms with van der Waals surface area (Å²) in [7, 11) is 0. The molecule has 1 N–H and O–H groups in total. The number of allylic oxidation sites excluding steroid dienone is 3. The van der Waals surface area contributed by atoms with Crippen molar-refractivity contribution in [1.29, 1.82) is 0 Å². The monoisotopic (exact) mass is 466 g/mol. The van der Waals surface area contributed by atoms with Gasteiger partial charge in [-0.25, -0.2) is 4.79 Å². The first kappa shape index (κ1) is 24.6. The highest BCUT2D eigenvalue weighted by molar-refractivity contribution is 9.10. The summed E-state index contributed by atoms with van der Waals surface area (Å²) in [5.74, 6) is 0.503. The van der Waals surface area contributed by atoms with Crippen LogP contribution in [-0.2, 0) is 4.74 Å². The van der Waals surface area contributed by atoms with Crippen LogP contribution in [0.25, 0.3) is 0 Å². The van der Waals surface area contributed by atoms with E-state index in [-0.39, 0.29) is 0 Å². The van der Waals surface area contributed by atoms with Crippen LogP contribution in [0.4, 0.5) is 0 Å². The molecular weight excluding hydrogens is 436 g/mol. The Labute approximate surface area is 182 Å². The Morgan fingerprint density at radius 3 is 2.61 bits per heavy atom. The lowest BCUT2D eigenvalue weighted by atomic mass is 10.1. The van der Waals surface area contributed by atoms with Gasteiger partial charge in [0, 0.05) is 15.1 Å². The van der Waals surface area contributed by atoms with Gasteiger partial charge in [0.2, 0.25) is 0 Å². The molecule has 0 amide bonds. The van der Waals surface area contributed by atoms with Crippen molar-refractivity contribution in [3.63, 3.8) is 0 Å². The maximum Gasteiger partial charge on any atom is 0.336 e. The average molecular weight is 467 g/mol. The number of benzene rings is 1. The summed E-state index contributed by atoms with van der Waals surface area (Å²) in [6.07, 6.45) is 13.1. The topological polar surface area (TPSA) is 46.5 Å². The smallest absolute Gasteiger partial charge is 0.336 e. The van der Waals surface area contributed by atoms with E-state index in [4.69, 9.17) is 4.74 Å². The Bertz CT molecular complexity index is 695. The molecule has 0 radical (unpaired) electrons. The minimum absolute atomic E-state index is 0.307. The molecular formula is C23H31BrO3S. The number of rotatable bonds is 14. The van der Waals surface area contributed by atoms with Crippen molar-refractivity contribution < 1.29 is 14.6 Å². The van der Waals surface area contributed by atoms with E-state index in [0.717, 1.165) is 27.1 Å². The Morgan fingerprint density at radius 2 is 1.96 bits per heavy atom. The van der Waals surface area contributed by atoms with E-state index in [0.29, 0.717) is 17.9 Å². The zero-order valence-electron chi connectivity index (χ0n) is 16.9. The van der Waals surface area contributed by atoms with Gasteiger partial charge >= 0.3 is 5.97 Å². The molecule has 0 atom stereocenters. The third kappa shape index (κ3) is 9.65. The van der Waals surface area contributed by atoms with Crippen molar-refractivity contribution in [3.8, 4) is 0 Å². The summed E-state index contributed by atoms with van der Waals surface area (Å²) in [4.78, 5) is 12.2. The summed E-state index contributed by atoms with van der Waals surface area (Å²) in [5, 5.41) is 9.39. The highest BCUT2D eigenvalue weighted by Crippen LogP contribution is 2.28. The molecule has 5 heteroatoms. The first-order chi connectivity index (χ1) is 13.5. The third-order valence-electron chi connectivity index (χ3n) is 4.23. The molecule has 0 aromatic heterocycles. The number of carbonyl (C=O) groups is 1. The van der Waals surface area contributed by atoms with E-state index >= 15 is 0 Å². The van der Waals surface area contributed by atoms with Crippen LogP contribution < -0.4 is 0 Å². The lowest BCUT2D eigenvalue weighted by Crippen LogP contribution is -2.00. The molecule has 0 saturated heterocycles. The molecule has 0 heterocycles. The van der Waals surface area contributed by atoms with Gasteiger partial charge in [0.1, 0.15) is 5.76 Å². The number of halogens is 1. The summed E-state index contributed by atoms with van der Waals surface area (Å²) >= 11 is 4.83. The van der Waals surface area contributed by atoms with Crippen molar-refractivity contribution in [2.24, 2.45) is 0 Å². The first-order valence-corrected chi connectivity index (χ1v) is 11.6. The van der Waals surface area contributed by atoms with E-state index in [9.17, 15) is 9.90 Å². The second-order valence-electron chi connectivity index (χ2n) is 6.46. The molecule has 1 aromatic rings. The largest absolute Gasteiger partial charge is 0.494 e. The van der Waals surface area contributed by atoms with Crippen LogP contribution in [0.1, 0.15) is 62.7 Å². The van der Waals surface area contributed by atoms with Crippen molar-refractivity contribution in [2.75, 3.05) is 12.4 Å². The lowest BCUT2D eigenvalue weighted by molar-refractivity contribution is 0.0693. The van der Waals surface area contributed by atoms with Crippen molar-refractivity contribution in [2.45, 2.75) is 57.3 Å². The molecule has 0 aliphatic heterocycles. The van der Waals surface area contributed by atoms with Crippen LogP contribution in [0.2, 0.25) is 0 Å². The Hall–Kier alpha value is -1.46. The number of hydrogen-bond donors (Lipinski definition) is 1. The predicted octanol–water partition coefficient (Wildman–Crippen LogP) is 7.63. The second kappa shape index (κ2) is 14.5. The van der Waals surface area contributed by atoms with E-state index in [1.54, 1.807) is 12.1 Å². The number of aromatic carboxylic acids is 1. The highest BCUT2D eigenvalue weighted by Gasteiger charge is 2.11. The van der Waals surface area contributed by atoms with Crippen LogP contribution in [0.15, 0.2) is 63.7 Å². The van der Waals surface area contributed by atoms with Gasteiger partial charge < -0.3 is 9.84 Å². The van der Waals surface area contributed by atoms with E-state index in [1.807, 2.05) is 31.2 Å². The molecule has 0 aliphatic carbocycles. The minimum Gasteiger partial charge on any atom is -0.494 e. The maximum atomic E-state index is 11.4. The predicted molar refractivity (Wildman–Crippen MR) is 123 cm³/mol. The van der Waals surface area contributed by atoms with Crippen molar-refractivity contribution in [3.05, 3.63) is 64.4 Å². The molecule has 0 spiro atoms. The third-order valence-corrected chi connectivity index (χ3v) is 5.87. The Morgan fingerprint density at radius 1 is 1.25 bits per heavy atom. The standard InChI is InChI=1S/C23H31BrO3S/c1-4-7-8-9-10-11-14-27-20(6-3)15-18(5-2)17-28-22-13-12-19(24)16-21(22)23(25)26/h5-6,12-13,15-16H,3-4,7-11,14,17H2,1-2H3,(H,25,26)/b18-5+,20-15+. The normalized spacial score (nSPS) is 12.1. The van der Waals surface area contributed by atoms with Gasteiger partial charge in [-0.3, -0.25) is 0 Å². The van der Waals surface area contributed by atoms with Gasteiger partial charge in [0.25, 0.3) is 0 Å². The minimum atomic E-state index is -0.921. The molecule has 0 fully saturated rings. The average Bonchev–Trinajstić information content (AvgIpc) is 2.69. The number of unbranched alkanes of at least 4 members (excludes halogenated alkanes) is 5. The zero-order chi connectivity index (χ0) is 20.8. The highest BCUT2D eigenvalue weighted by atomic mass is 79.9. The number of thioether (sulfide) groups is 1. The van der Waals surface area contributed by atoms with Gasteiger partial charge in [-0.2, -0.15) is 0 Å². The van der Waals surface area contributed by atoms with Gasteiger partial charge in [-0.05, 0) is 49.3 Å². The fourth-order valence-electron chi connectivity index (χ4n) is 2.58. The number of carboxylic acids is 1. The number of carboxylic acid groups (broad SMARTS) is 1. The number of ether oxygens (including phenoxy) is 1. The van der Waals surface area contributed by atoms with Gasteiger partial charge in [0.05, 0.1) is 12.2 Å². The molecule has 3 nitrogen and oxygen atoms in total. The van der Waals surface area contributed by atoms with E-state index in [2.05, 4.69) is 29.4 Å². The van der Waals surface area contributed by atoms with Gasteiger partial charge in [-0.15, -0.1) is 11.8 Å². The maximum absolute atomic E-state index is 11.4. The molecule has 0 unspecified atom stereocenters. The molecule has 1 rings (SSSR count). The van der Waals surface area contributed by atoms with Crippen molar-refractivity contribution in [1.82, 2.24) is 0 Å². The summed E-state index contributed by atoms with van der Waals surface area (Å²) in [6, 6.07) is 5.33. The van der Waals surface area contributed by atoms with Gasteiger partial charge in [-0.1, -0.05) is 67.6 Å². The Kier molecular flexibility index (Phi) is 12.8. The SMILES string of the molecule is C=C/C(=C\C(=C/C)CSc1ccc(Br)cc1C(=O)O)OCCCCCCCC. The molecule has 0 saturated carbocycles. The molecule has 1 aromatic carbocycles. The second-order valence-corrected chi connectivity index (χ2v) is 8.40. The lowest BCUT2D eigenvalue weighted by Gasteiger charge is -2.10. The first-order valence-electron chi connectivity index (χ1n) is 9.79. The molecule has 0 bridgehead atoms. The van der Waals surface area contributed by atoms with Crippen LogP contribution in [-0.4, -0.2) is 23.4 Å². The number of hydrogen-bond acceptors (Lipinski definition) is 3. The fraction of sp³-hybridized carbons (Fsp3) is 0.435. The summed E-state index contributed by atoms with van der Waals surface area (Å²) < 4.78 is 6.61. The van der Waals surface area contributed by atoms with Crippen molar-refractivity contribution >= 4 is 33.7 Å². The summed E-state index contributed by atoms with van der Waals surface area (Å²) in [6.45, 7) is 8.74. The van der Waals surface area contributed by atoms with Gasteiger partial charge in [0.15, 0.2) is 0 Å². The van der Waals surface area contributed by atoms with Crippen LogP contribution in [0.3, 0.4) is 0 Å². The fourth-order valence-corrected chi connectivity index (χ4v) is 3.98. The Balaban J connectivity index is 2.57. The van der Waals surface area contributed by atoms with E-state index in [1.165, 1.54) is 43.9 Å². The van der Waals surface area contributed by atoms with Crippen LogP contribution >= 0.6 is 27.7 Å². The molecule has 0 aliphatic rings. The summed E-state index contributed by atoms with van der Waals surface area (Å²) in [5.41, 5.74) is 1.38. The van der Waals surface area contributed by atoms with Crippen LogP contribution in [0.5, 0.6) is 0 Å². The van der Waals surface area contributed by atoms with E-state index < -0.39 is 5.97 Å². The van der Waals surface area contributed by atoms with Crippen LogP contribution in [0, 0.1) is 0 Å².